The molecule has 0 saturated heterocycles. The first kappa shape index (κ1) is 23.9. The number of rotatable bonds is 7. The van der Waals surface area contributed by atoms with Gasteiger partial charge in [-0.1, -0.05) is 35.4 Å². The summed E-state index contributed by atoms with van der Waals surface area (Å²) in [4.78, 5) is 13.5. The van der Waals surface area contributed by atoms with Crippen molar-refractivity contribution in [3.05, 3.63) is 77.0 Å². The van der Waals surface area contributed by atoms with Gasteiger partial charge in [0.2, 0.25) is 0 Å². The van der Waals surface area contributed by atoms with Crippen molar-refractivity contribution in [2.24, 2.45) is 4.99 Å². The number of pyridine rings is 1. The minimum Gasteiger partial charge on any atom is -0.357 e. The van der Waals surface area contributed by atoms with Gasteiger partial charge in [-0.2, -0.15) is 0 Å². The Morgan fingerprint density at radius 2 is 1.77 bits per heavy atom. The molecule has 0 fully saturated rings. The van der Waals surface area contributed by atoms with Crippen LogP contribution in [0.25, 0.3) is 5.82 Å². The highest BCUT2D eigenvalue weighted by molar-refractivity contribution is 14.0. The van der Waals surface area contributed by atoms with Gasteiger partial charge in [-0.25, -0.2) is 15.0 Å². The summed E-state index contributed by atoms with van der Waals surface area (Å²) in [6.07, 6.45) is 6.53. The van der Waals surface area contributed by atoms with Gasteiger partial charge in [-0.05, 0) is 51.3 Å². The molecule has 0 bridgehead atoms. The first-order valence-corrected chi connectivity index (χ1v) is 10.1. The molecular formula is C23H31IN6. The van der Waals surface area contributed by atoms with E-state index in [1.807, 2.05) is 30.0 Å². The lowest BCUT2D eigenvalue weighted by molar-refractivity contribution is 0.798. The largest absolute Gasteiger partial charge is 0.357 e. The SMILES string of the molecule is CCNC(=NCc1ccc(-n2ccnc2C)nc1)NCCc1cc(C)cc(C)c1.I. The molecule has 0 unspecified atom stereocenters. The number of nitrogens with one attached hydrogen (secondary N) is 2. The summed E-state index contributed by atoms with van der Waals surface area (Å²) in [5.74, 6) is 2.61. The van der Waals surface area contributed by atoms with Crippen LogP contribution in [0.15, 0.2) is 53.9 Å². The van der Waals surface area contributed by atoms with Gasteiger partial charge < -0.3 is 10.6 Å². The van der Waals surface area contributed by atoms with Gasteiger partial charge in [0.25, 0.3) is 0 Å². The van der Waals surface area contributed by atoms with Crippen molar-refractivity contribution in [2.75, 3.05) is 13.1 Å². The number of hydrogen-bond donors (Lipinski definition) is 2. The van der Waals surface area contributed by atoms with Crippen molar-refractivity contribution >= 4 is 29.9 Å². The molecule has 0 aliphatic heterocycles. The summed E-state index contributed by atoms with van der Waals surface area (Å²) in [6, 6.07) is 10.8. The van der Waals surface area contributed by atoms with Crippen LogP contribution in [-0.2, 0) is 13.0 Å². The highest BCUT2D eigenvalue weighted by Gasteiger charge is 2.03. The summed E-state index contributed by atoms with van der Waals surface area (Å²) in [6.45, 7) is 10.6. The number of aryl methyl sites for hydroxylation is 3. The molecule has 3 aromatic rings. The zero-order valence-corrected chi connectivity index (χ0v) is 20.5. The monoisotopic (exact) mass is 518 g/mol. The lowest BCUT2D eigenvalue weighted by Crippen LogP contribution is -2.38. The number of aliphatic imine (C=N–C) groups is 1. The van der Waals surface area contributed by atoms with E-state index in [0.29, 0.717) is 6.54 Å². The molecule has 7 heteroatoms. The van der Waals surface area contributed by atoms with Gasteiger partial charge >= 0.3 is 0 Å². The van der Waals surface area contributed by atoms with Crippen molar-refractivity contribution in [3.63, 3.8) is 0 Å². The van der Waals surface area contributed by atoms with E-state index in [0.717, 1.165) is 42.7 Å². The number of guanidine groups is 1. The summed E-state index contributed by atoms with van der Waals surface area (Å²) < 4.78 is 1.96. The van der Waals surface area contributed by atoms with Gasteiger partial charge in [0.1, 0.15) is 11.6 Å². The first-order valence-electron chi connectivity index (χ1n) is 10.1. The Balaban J connectivity index is 0.00000320. The van der Waals surface area contributed by atoms with Gasteiger partial charge in [-0.3, -0.25) is 4.57 Å². The fourth-order valence-electron chi connectivity index (χ4n) is 3.32. The fraction of sp³-hybridized carbons (Fsp3) is 0.348. The van der Waals surface area contributed by atoms with Crippen LogP contribution < -0.4 is 10.6 Å². The maximum Gasteiger partial charge on any atom is 0.191 e. The fourth-order valence-corrected chi connectivity index (χ4v) is 3.32. The van der Waals surface area contributed by atoms with E-state index in [1.54, 1.807) is 6.20 Å². The predicted molar refractivity (Wildman–Crippen MR) is 134 cm³/mol. The van der Waals surface area contributed by atoms with Crippen molar-refractivity contribution in [1.82, 2.24) is 25.2 Å². The average Bonchev–Trinajstić information content (AvgIpc) is 3.12. The Labute approximate surface area is 196 Å². The van der Waals surface area contributed by atoms with Crippen LogP contribution in [0.5, 0.6) is 0 Å². The molecule has 6 nitrogen and oxygen atoms in total. The molecule has 3 rings (SSSR count). The molecule has 2 N–H and O–H groups in total. The summed E-state index contributed by atoms with van der Waals surface area (Å²) in [5, 5.41) is 6.73. The Kier molecular flexibility index (Phi) is 9.29. The van der Waals surface area contributed by atoms with Gasteiger partial charge in [-0.15, -0.1) is 24.0 Å². The second-order valence-corrected chi connectivity index (χ2v) is 7.24. The maximum atomic E-state index is 4.70. The van der Waals surface area contributed by atoms with Crippen LogP contribution in [-0.4, -0.2) is 33.6 Å². The molecule has 0 radical (unpaired) electrons. The van der Waals surface area contributed by atoms with E-state index in [-0.39, 0.29) is 24.0 Å². The highest BCUT2D eigenvalue weighted by Crippen LogP contribution is 2.10. The smallest absolute Gasteiger partial charge is 0.191 e. The van der Waals surface area contributed by atoms with Crippen molar-refractivity contribution in [2.45, 2.75) is 40.7 Å². The Bertz CT molecular complexity index is 942. The van der Waals surface area contributed by atoms with Crippen LogP contribution in [0.1, 0.15) is 35.0 Å². The van der Waals surface area contributed by atoms with E-state index in [9.17, 15) is 0 Å². The second kappa shape index (κ2) is 11.7. The van der Waals surface area contributed by atoms with E-state index >= 15 is 0 Å². The number of benzene rings is 1. The molecule has 160 valence electrons. The van der Waals surface area contributed by atoms with Crippen LogP contribution in [0.4, 0.5) is 0 Å². The van der Waals surface area contributed by atoms with Gasteiger partial charge in [0.15, 0.2) is 5.96 Å². The first-order chi connectivity index (χ1) is 14.0. The van der Waals surface area contributed by atoms with Gasteiger partial charge in [0, 0.05) is 31.7 Å². The molecule has 0 aliphatic rings. The zero-order valence-electron chi connectivity index (χ0n) is 18.1. The number of halogens is 1. The van der Waals surface area contributed by atoms with E-state index in [2.05, 4.69) is 65.6 Å². The summed E-state index contributed by atoms with van der Waals surface area (Å²) >= 11 is 0. The quantitative estimate of drug-likeness (QED) is 0.281. The van der Waals surface area contributed by atoms with E-state index < -0.39 is 0 Å². The molecule has 30 heavy (non-hydrogen) atoms. The summed E-state index contributed by atoms with van der Waals surface area (Å²) in [7, 11) is 0. The minimum absolute atomic E-state index is 0. The number of imidazole rings is 1. The number of aromatic nitrogens is 3. The standard InChI is InChI=1S/C23H30N6.HI/c1-5-24-23(26-9-8-20-13-17(2)12-18(3)14-20)28-16-21-6-7-22(27-15-21)29-11-10-25-19(29)4;/h6-7,10-15H,5,8-9,16H2,1-4H3,(H2,24,26,28);1H. The van der Waals surface area contributed by atoms with Crippen molar-refractivity contribution in [3.8, 4) is 5.82 Å². The average molecular weight is 518 g/mol. The third kappa shape index (κ3) is 6.83. The van der Waals surface area contributed by atoms with Crippen molar-refractivity contribution < 1.29 is 0 Å². The Morgan fingerprint density at radius 3 is 2.37 bits per heavy atom. The molecule has 0 amide bonds. The zero-order chi connectivity index (χ0) is 20.6. The van der Waals surface area contributed by atoms with Crippen LogP contribution in [0.2, 0.25) is 0 Å². The molecule has 1 aromatic carbocycles. The maximum absolute atomic E-state index is 4.70. The van der Waals surface area contributed by atoms with Gasteiger partial charge in [0.05, 0.1) is 6.54 Å². The molecule has 2 heterocycles. The van der Waals surface area contributed by atoms with E-state index in [1.165, 1.54) is 16.7 Å². The summed E-state index contributed by atoms with van der Waals surface area (Å²) in [5.41, 5.74) is 5.03. The third-order valence-electron chi connectivity index (χ3n) is 4.63. The highest BCUT2D eigenvalue weighted by atomic mass is 127. The Morgan fingerprint density at radius 1 is 1.00 bits per heavy atom. The van der Waals surface area contributed by atoms with Crippen LogP contribution >= 0.6 is 24.0 Å². The lowest BCUT2D eigenvalue weighted by Gasteiger charge is -2.12. The van der Waals surface area contributed by atoms with Crippen LogP contribution in [0.3, 0.4) is 0 Å². The third-order valence-corrected chi connectivity index (χ3v) is 4.63. The number of nitrogens with zero attached hydrogens (tertiary/aromatic N) is 4. The lowest BCUT2D eigenvalue weighted by atomic mass is 10.1. The molecule has 0 spiro atoms. The second-order valence-electron chi connectivity index (χ2n) is 7.24. The predicted octanol–water partition coefficient (Wildman–Crippen LogP) is 4.11. The molecule has 0 saturated carbocycles. The Hall–Kier alpha value is -2.42. The van der Waals surface area contributed by atoms with Crippen molar-refractivity contribution in [1.29, 1.82) is 0 Å². The minimum atomic E-state index is 0. The molecule has 0 aliphatic carbocycles. The van der Waals surface area contributed by atoms with Crippen LogP contribution in [0, 0.1) is 20.8 Å². The normalized spacial score (nSPS) is 11.1. The molecule has 2 aromatic heterocycles. The molecule has 0 atom stereocenters. The molecular weight excluding hydrogens is 487 g/mol. The van der Waals surface area contributed by atoms with E-state index in [4.69, 9.17) is 4.99 Å². The topological polar surface area (TPSA) is 67.1 Å². The number of hydrogen-bond acceptors (Lipinski definition) is 3.